The normalized spacial score (nSPS) is 12.5. The summed E-state index contributed by atoms with van der Waals surface area (Å²) < 4.78 is 57.5. The van der Waals surface area contributed by atoms with Gasteiger partial charge < -0.3 is 15.3 Å². The van der Waals surface area contributed by atoms with Gasteiger partial charge in [0, 0.05) is 54.5 Å². The van der Waals surface area contributed by atoms with E-state index in [0.717, 1.165) is 44.5 Å². The second-order valence-electron chi connectivity index (χ2n) is 10.1. The van der Waals surface area contributed by atoms with Gasteiger partial charge in [-0.3, -0.25) is 4.79 Å². The topological polar surface area (TPSA) is 90.0 Å². The summed E-state index contributed by atoms with van der Waals surface area (Å²) in [6, 6.07) is 16.8. The maximum atomic E-state index is 13.9. The maximum Gasteiger partial charge on any atom is 0.253 e. The number of aliphatic hydroxyl groups is 1. The highest BCUT2D eigenvalue weighted by atomic mass is 127. The minimum atomic E-state index is -4.19. The molecule has 0 aliphatic heterocycles. The van der Waals surface area contributed by atoms with Gasteiger partial charge in [0.15, 0.2) is 0 Å². The zero-order valence-electron chi connectivity index (χ0n) is 23.9. The second kappa shape index (κ2) is 16.4. The minimum absolute atomic E-state index is 0.0237. The Kier molecular flexibility index (Phi) is 13.3. The lowest BCUT2D eigenvalue weighted by Gasteiger charge is -2.26. The summed E-state index contributed by atoms with van der Waals surface area (Å²) >= 11 is 2.22. The van der Waals surface area contributed by atoms with E-state index in [0.29, 0.717) is 19.6 Å². The number of halogens is 3. The van der Waals surface area contributed by atoms with Crippen molar-refractivity contribution in [3.05, 3.63) is 98.6 Å². The van der Waals surface area contributed by atoms with E-state index in [2.05, 4.69) is 27.9 Å². The molecule has 228 valence electrons. The van der Waals surface area contributed by atoms with E-state index in [1.807, 2.05) is 38.1 Å². The van der Waals surface area contributed by atoms with Gasteiger partial charge in [0.2, 0.25) is 10.0 Å². The highest BCUT2D eigenvalue weighted by Crippen LogP contribution is 2.20. The molecule has 11 heteroatoms. The van der Waals surface area contributed by atoms with Crippen molar-refractivity contribution < 1.29 is 27.1 Å². The van der Waals surface area contributed by atoms with Crippen LogP contribution in [0.3, 0.4) is 0 Å². The molecule has 0 spiro atoms. The number of aliphatic hydroxyl groups excluding tert-OH is 1. The van der Waals surface area contributed by atoms with Crippen LogP contribution in [0, 0.1) is 15.2 Å². The van der Waals surface area contributed by atoms with Gasteiger partial charge in [0.25, 0.3) is 5.91 Å². The molecule has 0 saturated heterocycles. The van der Waals surface area contributed by atoms with Crippen LogP contribution < -0.4 is 5.32 Å². The molecule has 0 aliphatic carbocycles. The summed E-state index contributed by atoms with van der Waals surface area (Å²) in [6.45, 7) is 5.28. The number of rotatable bonds is 16. The first-order valence-corrected chi connectivity index (χ1v) is 16.5. The van der Waals surface area contributed by atoms with Crippen LogP contribution in [0.25, 0.3) is 0 Å². The molecular weight excluding hydrogens is 675 g/mol. The van der Waals surface area contributed by atoms with Crippen molar-refractivity contribution in [3.63, 3.8) is 0 Å². The Labute approximate surface area is 261 Å². The summed E-state index contributed by atoms with van der Waals surface area (Å²) in [5.41, 5.74) is 1.57. The molecule has 7 nitrogen and oxygen atoms in total. The molecule has 0 aliphatic rings. The zero-order chi connectivity index (χ0) is 30.7. The van der Waals surface area contributed by atoms with Crippen molar-refractivity contribution in [2.24, 2.45) is 0 Å². The van der Waals surface area contributed by atoms with Gasteiger partial charge in [-0.1, -0.05) is 32.0 Å². The molecule has 0 fully saturated rings. The van der Waals surface area contributed by atoms with Crippen molar-refractivity contribution in [2.75, 3.05) is 32.7 Å². The van der Waals surface area contributed by atoms with Crippen molar-refractivity contribution in [1.29, 1.82) is 0 Å². The van der Waals surface area contributed by atoms with Crippen LogP contribution in [0.15, 0.2) is 71.6 Å². The second-order valence-corrected chi connectivity index (χ2v) is 13.3. The number of nitrogens with zero attached hydrogens (tertiary/aromatic N) is 2. The highest BCUT2D eigenvalue weighted by molar-refractivity contribution is 14.1. The summed E-state index contributed by atoms with van der Waals surface area (Å²) in [5.74, 6) is -1.76. The van der Waals surface area contributed by atoms with Gasteiger partial charge in [0.1, 0.15) is 11.6 Å². The number of benzene rings is 3. The predicted molar refractivity (Wildman–Crippen MR) is 169 cm³/mol. The number of amides is 1. The fourth-order valence-electron chi connectivity index (χ4n) is 4.62. The number of nitrogens with one attached hydrogen (secondary N) is 1. The molecule has 3 rings (SSSR count). The number of hydrogen-bond donors (Lipinski definition) is 2. The molecule has 0 bridgehead atoms. The molecule has 0 unspecified atom stereocenters. The van der Waals surface area contributed by atoms with Crippen LogP contribution in [-0.4, -0.2) is 67.5 Å². The van der Waals surface area contributed by atoms with Crippen LogP contribution in [0.5, 0.6) is 0 Å². The Hall–Kier alpha value is -2.45. The van der Waals surface area contributed by atoms with Crippen molar-refractivity contribution in [3.8, 4) is 0 Å². The van der Waals surface area contributed by atoms with E-state index >= 15 is 0 Å². The molecule has 0 heterocycles. The number of carbonyl (C=O) groups excluding carboxylic acids is 1. The van der Waals surface area contributed by atoms with E-state index in [4.69, 9.17) is 0 Å². The van der Waals surface area contributed by atoms with Crippen LogP contribution in [0.4, 0.5) is 8.78 Å². The zero-order valence-corrected chi connectivity index (χ0v) is 26.9. The summed E-state index contributed by atoms with van der Waals surface area (Å²) in [6.07, 6.45) is 0.498. The SMILES string of the molecule is CCCN(CCC)C(=O)c1cccc(S(=O)(=O)N(CCc2cc(F)cc(F)c2)C[C@H](O)CNCc2cccc(I)c2)c1. The fraction of sp³-hybridized carbons (Fsp3) is 0.387. The molecular formula is C31H38F2IN3O4S. The Balaban J connectivity index is 1.82. The van der Waals surface area contributed by atoms with Crippen molar-refractivity contribution >= 4 is 38.5 Å². The molecule has 1 amide bonds. The van der Waals surface area contributed by atoms with Gasteiger partial charge in [-0.05, 0) is 95.4 Å². The predicted octanol–water partition coefficient (Wildman–Crippen LogP) is 5.22. The number of sulfonamides is 1. The lowest BCUT2D eigenvalue weighted by Crippen LogP contribution is -2.42. The largest absolute Gasteiger partial charge is 0.390 e. The first-order valence-electron chi connectivity index (χ1n) is 14.0. The highest BCUT2D eigenvalue weighted by Gasteiger charge is 2.28. The Bertz CT molecular complexity index is 1410. The van der Waals surface area contributed by atoms with E-state index in [9.17, 15) is 27.1 Å². The monoisotopic (exact) mass is 713 g/mol. The quantitative estimate of drug-likeness (QED) is 0.199. The van der Waals surface area contributed by atoms with Gasteiger partial charge >= 0.3 is 0 Å². The standard InChI is InChI=1S/C31H38F2IN3O4S/c1-3-12-36(13-4-2)31(39)25-8-6-10-30(18-25)42(40,41)37(14-11-23-15-26(32)19-27(33)16-23)22-29(38)21-35-20-24-7-5-9-28(34)17-24/h5-10,15-19,29,35,38H,3-4,11-14,20-22H2,1-2H3/t29-/m1/s1. The van der Waals surface area contributed by atoms with Gasteiger partial charge in [-0.2, -0.15) is 4.31 Å². The number of hydrogen-bond acceptors (Lipinski definition) is 5. The van der Waals surface area contributed by atoms with Crippen LogP contribution in [0.2, 0.25) is 0 Å². The number of carbonyl (C=O) groups is 1. The maximum absolute atomic E-state index is 13.9. The van der Waals surface area contributed by atoms with Gasteiger partial charge in [0.05, 0.1) is 11.0 Å². The lowest BCUT2D eigenvalue weighted by molar-refractivity contribution is 0.0755. The molecule has 1 atom stereocenters. The van der Waals surface area contributed by atoms with E-state index in [-0.39, 0.29) is 48.0 Å². The minimum Gasteiger partial charge on any atom is -0.390 e. The molecule has 0 saturated carbocycles. The Morgan fingerprint density at radius 1 is 0.929 bits per heavy atom. The third kappa shape index (κ3) is 10.1. The van der Waals surface area contributed by atoms with Crippen LogP contribution in [0.1, 0.15) is 48.2 Å². The van der Waals surface area contributed by atoms with Gasteiger partial charge in [-0.15, -0.1) is 0 Å². The smallest absolute Gasteiger partial charge is 0.253 e. The van der Waals surface area contributed by atoms with E-state index in [1.165, 1.54) is 18.2 Å². The first kappa shape index (κ1) is 34.0. The third-order valence-corrected chi connectivity index (χ3v) is 9.11. The molecule has 3 aromatic rings. The van der Waals surface area contributed by atoms with E-state index in [1.54, 1.807) is 11.0 Å². The van der Waals surface area contributed by atoms with E-state index < -0.39 is 27.8 Å². The molecule has 0 radical (unpaired) electrons. The molecule has 2 N–H and O–H groups in total. The average Bonchev–Trinajstić information content (AvgIpc) is 2.94. The summed E-state index contributed by atoms with van der Waals surface area (Å²) in [4.78, 5) is 14.8. The summed E-state index contributed by atoms with van der Waals surface area (Å²) in [7, 11) is -4.19. The van der Waals surface area contributed by atoms with Crippen molar-refractivity contribution in [1.82, 2.24) is 14.5 Å². The van der Waals surface area contributed by atoms with Crippen LogP contribution >= 0.6 is 22.6 Å². The average molecular weight is 714 g/mol. The third-order valence-electron chi connectivity index (χ3n) is 6.58. The fourth-order valence-corrected chi connectivity index (χ4v) is 6.76. The molecule has 0 aromatic heterocycles. The Morgan fingerprint density at radius 2 is 1.60 bits per heavy atom. The molecule has 3 aromatic carbocycles. The first-order chi connectivity index (χ1) is 20.0. The Morgan fingerprint density at radius 3 is 2.24 bits per heavy atom. The summed E-state index contributed by atoms with van der Waals surface area (Å²) in [5, 5.41) is 14.0. The lowest BCUT2D eigenvalue weighted by atomic mass is 10.1. The van der Waals surface area contributed by atoms with Crippen LogP contribution in [-0.2, 0) is 23.0 Å². The van der Waals surface area contributed by atoms with Gasteiger partial charge in [-0.25, -0.2) is 17.2 Å². The van der Waals surface area contributed by atoms with Crippen molar-refractivity contribution in [2.45, 2.75) is 50.7 Å². The molecule has 42 heavy (non-hydrogen) atoms.